The van der Waals surface area contributed by atoms with E-state index in [0.29, 0.717) is 28.2 Å². The second kappa shape index (κ2) is 9.80. The number of rotatable bonds is 7. The van der Waals surface area contributed by atoms with Crippen molar-refractivity contribution in [3.8, 4) is 28.6 Å². The summed E-state index contributed by atoms with van der Waals surface area (Å²) in [5.41, 5.74) is 2.77. The number of ether oxygens (including phenoxy) is 2. The third kappa shape index (κ3) is 5.04. The zero-order chi connectivity index (χ0) is 24.3. The van der Waals surface area contributed by atoms with Crippen LogP contribution in [-0.2, 0) is 11.9 Å². The van der Waals surface area contributed by atoms with Crippen LogP contribution in [0.25, 0.3) is 17.1 Å². The first kappa shape index (κ1) is 23.7. The Morgan fingerprint density at radius 3 is 2.12 bits per heavy atom. The normalized spacial score (nSPS) is 11.5. The number of benzene rings is 3. The van der Waals surface area contributed by atoms with E-state index in [1.807, 2.05) is 47.9 Å². The fraction of sp³-hybridized carbons (Fsp3) is 0.200. The topological polar surface area (TPSA) is 49.2 Å². The van der Waals surface area contributed by atoms with Crippen molar-refractivity contribution in [2.75, 3.05) is 14.2 Å². The number of thioether (sulfide) groups is 1. The number of alkyl halides is 3. The van der Waals surface area contributed by atoms with E-state index in [1.54, 1.807) is 20.3 Å². The molecule has 0 saturated heterocycles. The summed E-state index contributed by atoms with van der Waals surface area (Å²) in [6.45, 7) is 2.00. The van der Waals surface area contributed by atoms with E-state index >= 15 is 0 Å². The summed E-state index contributed by atoms with van der Waals surface area (Å²) < 4.78 is 51.4. The van der Waals surface area contributed by atoms with Gasteiger partial charge in [0.25, 0.3) is 0 Å². The van der Waals surface area contributed by atoms with Gasteiger partial charge in [0.15, 0.2) is 11.0 Å². The molecule has 9 heteroatoms. The van der Waals surface area contributed by atoms with E-state index in [2.05, 4.69) is 10.2 Å². The smallest absolute Gasteiger partial charge is 0.416 e. The van der Waals surface area contributed by atoms with E-state index in [1.165, 1.54) is 23.9 Å². The van der Waals surface area contributed by atoms with Crippen LogP contribution in [0, 0.1) is 6.92 Å². The van der Waals surface area contributed by atoms with Gasteiger partial charge in [0.2, 0.25) is 0 Å². The molecule has 0 aliphatic carbocycles. The number of para-hydroxylation sites is 1. The minimum atomic E-state index is -4.36. The van der Waals surface area contributed by atoms with Crippen LogP contribution in [0.1, 0.15) is 16.7 Å². The molecule has 0 fully saturated rings. The van der Waals surface area contributed by atoms with Gasteiger partial charge in [0, 0.05) is 17.4 Å². The Morgan fingerprint density at radius 2 is 1.53 bits per heavy atom. The maximum atomic E-state index is 12.9. The number of aromatic nitrogens is 3. The lowest BCUT2D eigenvalue weighted by Gasteiger charge is -2.14. The SMILES string of the molecule is COc1cc(OC)cc(-c2nnc(SCc3ccc(C(F)(F)F)cc3)n2-c2ccccc2C)c1. The third-order valence-electron chi connectivity index (χ3n) is 5.25. The molecule has 0 radical (unpaired) electrons. The van der Waals surface area contributed by atoms with Gasteiger partial charge < -0.3 is 9.47 Å². The quantitative estimate of drug-likeness (QED) is 0.277. The molecule has 0 bridgehead atoms. The van der Waals surface area contributed by atoms with Crippen LogP contribution >= 0.6 is 11.8 Å². The molecule has 0 amide bonds. The first-order valence-electron chi connectivity index (χ1n) is 10.3. The molecule has 0 aliphatic rings. The minimum Gasteiger partial charge on any atom is -0.497 e. The molecule has 0 spiro atoms. The maximum Gasteiger partial charge on any atom is 0.416 e. The molecule has 1 aromatic heterocycles. The van der Waals surface area contributed by atoms with Crippen molar-refractivity contribution in [2.45, 2.75) is 24.0 Å². The molecule has 4 rings (SSSR count). The number of hydrogen-bond acceptors (Lipinski definition) is 5. The highest BCUT2D eigenvalue weighted by molar-refractivity contribution is 7.98. The average molecular weight is 486 g/mol. The number of halogens is 3. The van der Waals surface area contributed by atoms with Crippen LogP contribution < -0.4 is 9.47 Å². The van der Waals surface area contributed by atoms with Gasteiger partial charge in [-0.05, 0) is 48.4 Å². The Morgan fingerprint density at radius 1 is 0.882 bits per heavy atom. The fourth-order valence-corrected chi connectivity index (χ4v) is 4.36. The Bertz CT molecular complexity index is 1270. The van der Waals surface area contributed by atoms with Crippen LogP contribution in [0.15, 0.2) is 71.9 Å². The fourth-order valence-electron chi connectivity index (χ4n) is 3.46. The van der Waals surface area contributed by atoms with E-state index in [9.17, 15) is 13.2 Å². The van der Waals surface area contributed by atoms with Crippen LogP contribution in [-0.4, -0.2) is 29.0 Å². The van der Waals surface area contributed by atoms with E-state index < -0.39 is 11.7 Å². The number of methoxy groups -OCH3 is 2. The molecular formula is C25H22F3N3O2S. The molecule has 34 heavy (non-hydrogen) atoms. The summed E-state index contributed by atoms with van der Waals surface area (Å²) in [4.78, 5) is 0. The second-order valence-corrected chi connectivity index (χ2v) is 8.46. The largest absolute Gasteiger partial charge is 0.497 e. The van der Waals surface area contributed by atoms with Gasteiger partial charge in [-0.1, -0.05) is 42.1 Å². The minimum absolute atomic E-state index is 0.434. The second-order valence-electron chi connectivity index (χ2n) is 7.51. The molecule has 0 N–H and O–H groups in total. The van der Waals surface area contributed by atoms with Crippen LogP contribution in [0.3, 0.4) is 0 Å². The average Bonchev–Trinajstić information content (AvgIpc) is 3.26. The summed E-state index contributed by atoms with van der Waals surface area (Å²) in [7, 11) is 3.16. The van der Waals surface area contributed by atoms with Gasteiger partial charge in [0.1, 0.15) is 11.5 Å². The monoisotopic (exact) mass is 485 g/mol. The molecule has 3 aromatic carbocycles. The predicted octanol–water partition coefficient (Wildman–Crippen LogP) is 6.57. The van der Waals surface area contributed by atoms with Crippen molar-refractivity contribution in [3.63, 3.8) is 0 Å². The summed E-state index contributed by atoms with van der Waals surface area (Å²) >= 11 is 1.40. The van der Waals surface area contributed by atoms with Gasteiger partial charge in [0.05, 0.1) is 25.5 Å². The lowest BCUT2D eigenvalue weighted by atomic mass is 10.1. The van der Waals surface area contributed by atoms with Crippen molar-refractivity contribution in [1.82, 2.24) is 14.8 Å². The maximum absolute atomic E-state index is 12.9. The molecule has 5 nitrogen and oxygen atoms in total. The number of aryl methyl sites for hydroxylation is 1. The highest BCUT2D eigenvalue weighted by Gasteiger charge is 2.30. The van der Waals surface area contributed by atoms with Crippen molar-refractivity contribution < 1.29 is 22.6 Å². The zero-order valence-electron chi connectivity index (χ0n) is 18.8. The Hall–Kier alpha value is -3.46. The van der Waals surface area contributed by atoms with Crippen molar-refractivity contribution in [3.05, 3.63) is 83.4 Å². The molecule has 0 atom stereocenters. The summed E-state index contributed by atoms with van der Waals surface area (Å²) in [6.07, 6.45) is -4.36. The van der Waals surface area contributed by atoms with Crippen LogP contribution in [0.5, 0.6) is 11.5 Å². The number of nitrogens with zero attached hydrogens (tertiary/aromatic N) is 3. The zero-order valence-corrected chi connectivity index (χ0v) is 19.6. The molecule has 0 aliphatic heterocycles. The summed E-state index contributed by atoms with van der Waals surface area (Å²) in [5, 5.41) is 9.47. The van der Waals surface area contributed by atoms with E-state index in [-0.39, 0.29) is 0 Å². The summed E-state index contributed by atoms with van der Waals surface area (Å²) in [5.74, 6) is 2.27. The first-order valence-corrected chi connectivity index (χ1v) is 11.3. The third-order valence-corrected chi connectivity index (χ3v) is 6.25. The van der Waals surface area contributed by atoms with Gasteiger partial charge in [-0.25, -0.2) is 0 Å². The highest BCUT2D eigenvalue weighted by atomic mass is 32.2. The lowest BCUT2D eigenvalue weighted by molar-refractivity contribution is -0.137. The molecule has 176 valence electrons. The molecule has 0 saturated carbocycles. The Labute approximate surface area is 199 Å². The predicted molar refractivity (Wildman–Crippen MR) is 126 cm³/mol. The molecule has 1 heterocycles. The lowest BCUT2D eigenvalue weighted by Crippen LogP contribution is -2.04. The van der Waals surface area contributed by atoms with Gasteiger partial charge >= 0.3 is 6.18 Å². The molecular weight excluding hydrogens is 463 g/mol. The van der Waals surface area contributed by atoms with E-state index in [4.69, 9.17) is 9.47 Å². The molecule has 0 unspecified atom stereocenters. The summed E-state index contributed by atoms with van der Waals surface area (Å²) in [6, 6.07) is 18.5. The van der Waals surface area contributed by atoms with Crippen LogP contribution in [0.2, 0.25) is 0 Å². The highest BCUT2D eigenvalue weighted by Crippen LogP contribution is 2.35. The van der Waals surface area contributed by atoms with E-state index in [0.717, 1.165) is 34.5 Å². The first-order chi connectivity index (χ1) is 16.3. The Balaban J connectivity index is 1.73. The Kier molecular flexibility index (Phi) is 6.83. The van der Waals surface area contributed by atoms with Gasteiger partial charge in [-0.2, -0.15) is 13.2 Å². The van der Waals surface area contributed by atoms with Crippen molar-refractivity contribution in [1.29, 1.82) is 0 Å². The number of hydrogen-bond donors (Lipinski definition) is 0. The van der Waals surface area contributed by atoms with Crippen molar-refractivity contribution >= 4 is 11.8 Å². The standard InChI is InChI=1S/C25H22F3N3O2S/c1-16-6-4-5-7-22(16)31-23(18-12-20(32-2)14-21(13-18)33-3)29-30-24(31)34-15-17-8-10-19(11-9-17)25(26,27)28/h4-14H,15H2,1-3H3. The van der Waals surface area contributed by atoms with Gasteiger partial charge in [-0.15, -0.1) is 10.2 Å². The van der Waals surface area contributed by atoms with Gasteiger partial charge in [-0.3, -0.25) is 4.57 Å². The molecule has 4 aromatic rings. The van der Waals surface area contributed by atoms with Crippen LogP contribution in [0.4, 0.5) is 13.2 Å². The van der Waals surface area contributed by atoms with Crippen molar-refractivity contribution in [2.24, 2.45) is 0 Å².